The third kappa shape index (κ3) is 12.5. The number of imidazole rings is 2. The summed E-state index contributed by atoms with van der Waals surface area (Å²) in [6.45, 7) is 8.36. The molecule has 0 saturated carbocycles. The Labute approximate surface area is 725 Å². The number of benzene rings is 14. The van der Waals surface area contributed by atoms with E-state index in [0.717, 1.165) is 110 Å². The Hall–Kier alpha value is -12.6. The van der Waals surface area contributed by atoms with Crippen molar-refractivity contribution in [2.45, 2.75) is 49.7 Å². The first-order valence-corrected chi connectivity index (χ1v) is 41.2. The number of pyridine rings is 4. The van der Waals surface area contributed by atoms with E-state index in [1.807, 2.05) is 59.1 Å². The molecular formula is C108H78BBrN6O2Y. The normalized spacial score (nSPS) is 14.2. The van der Waals surface area contributed by atoms with Crippen molar-refractivity contribution >= 4 is 83.2 Å². The minimum Gasteiger partial charge on any atom is -0.399 e. The Balaban J connectivity index is 0.000000128. The number of halogens is 1. The topological polar surface area (TPSA) is 78.8 Å². The van der Waals surface area contributed by atoms with Crippen LogP contribution in [-0.4, -0.2) is 47.1 Å². The van der Waals surface area contributed by atoms with Gasteiger partial charge in [-0.1, -0.05) is 328 Å². The molecule has 3 aliphatic rings. The van der Waals surface area contributed by atoms with Crippen molar-refractivity contribution in [3.63, 3.8) is 0 Å². The number of para-hydroxylation sites is 2. The molecule has 1 fully saturated rings. The van der Waals surface area contributed by atoms with Gasteiger partial charge in [0.2, 0.25) is 0 Å². The Bertz CT molecular complexity index is 7160. The van der Waals surface area contributed by atoms with Gasteiger partial charge in [-0.2, -0.15) is 0 Å². The van der Waals surface area contributed by atoms with Crippen molar-refractivity contribution < 1.29 is 42.0 Å². The number of fused-ring (bicyclic) bond motifs is 14. The van der Waals surface area contributed by atoms with Crippen molar-refractivity contribution in [1.82, 2.24) is 28.7 Å². The second-order valence-corrected chi connectivity index (χ2v) is 32.6. The van der Waals surface area contributed by atoms with Gasteiger partial charge < -0.3 is 9.31 Å². The van der Waals surface area contributed by atoms with Gasteiger partial charge in [-0.05, 0) is 187 Å². The third-order valence-corrected chi connectivity index (χ3v) is 25.6. The minimum absolute atomic E-state index is 0. The van der Waals surface area contributed by atoms with Crippen LogP contribution in [0.1, 0.15) is 72.2 Å². The molecule has 0 bridgehead atoms. The molecule has 11 heteroatoms. The third-order valence-electron chi connectivity index (χ3n) is 24.8. The Morgan fingerprint density at radius 2 is 0.622 bits per heavy atom. The van der Waals surface area contributed by atoms with Crippen LogP contribution in [0.2, 0.25) is 0 Å². The average molecular weight is 1670 g/mol. The van der Waals surface area contributed by atoms with E-state index in [-0.39, 0.29) is 32.7 Å². The Morgan fingerprint density at radius 3 is 1.07 bits per heavy atom. The van der Waals surface area contributed by atoms with Crippen molar-refractivity contribution in [2.24, 2.45) is 0 Å². The molecule has 565 valence electrons. The number of nitrogens with zero attached hydrogens (tertiary/aromatic N) is 6. The van der Waals surface area contributed by atoms with E-state index in [9.17, 15) is 0 Å². The zero-order chi connectivity index (χ0) is 79.3. The molecule has 1 saturated heterocycles. The first-order chi connectivity index (χ1) is 57.9. The van der Waals surface area contributed by atoms with E-state index < -0.39 is 29.2 Å². The molecule has 20 aromatic rings. The van der Waals surface area contributed by atoms with E-state index in [1.165, 1.54) is 77.5 Å². The molecule has 7 heterocycles. The van der Waals surface area contributed by atoms with E-state index in [0.29, 0.717) is 0 Å². The van der Waals surface area contributed by atoms with Gasteiger partial charge in [-0.15, -0.1) is 0 Å². The van der Waals surface area contributed by atoms with Crippen LogP contribution in [0, 0.1) is 0 Å². The molecule has 6 aromatic heterocycles. The van der Waals surface area contributed by atoms with E-state index in [2.05, 4.69) is 399 Å². The van der Waals surface area contributed by atoms with Crippen molar-refractivity contribution in [2.75, 3.05) is 0 Å². The van der Waals surface area contributed by atoms with Gasteiger partial charge in [0.05, 0.1) is 55.8 Å². The van der Waals surface area contributed by atoms with Gasteiger partial charge in [0, 0.05) is 94.5 Å². The summed E-state index contributed by atoms with van der Waals surface area (Å²) in [5, 5.41) is 7.00. The van der Waals surface area contributed by atoms with E-state index in [4.69, 9.17) is 24.3 Å². The molecule has 8 nitrogen and oxygen atoms in total. The van der Waals surface area contributed by atoms with Gasteiger partial charge in [-0.3, -0.25) is 8.80 Å². The van der Waals surface area contributed by atoms with Crippen molar-refractivity contribution in [3.8, 4) is 78.5 Å². The Morgan fingerprint density at radius 1 is 0.277 bits per heavy atom. The van der Waals surface area contributed by atoms with E-state index in [1.54, 1.807) is 0 Å². The molecule has 0 spiro atoms. The van der Waals surface area contributed by atoms with E-state index >= 15 is 0 Å². The molecule has 119 heavy (non-hydrogen) atoms. The molecule has 1 aliphatic heterocycles. The van der Waals surface area contributed by atoms with Crippen molar-refractivity contribution in [1.29, 1.82) is 0 Å². The summed E-state index contributed by atoms with van der Waals surface area (Å²) in [5.74, 6) is 0. The zero-order valence-corrected chi connectivity index (χ0v) is 70.6. The molecule has 2 aliphatic carbocycles. The van der Waals surface area contributed by atoms with Crippen LogP contribution in [-0.2, 0) is 52.8 Å². The maximum Gasteiger partial charge on any atom is 0.494 e. The molecular weight excluding hydrogens is 1590 g/mol. The monoisotopic (exact) mass is 1670 g/mol. The molecule has 1 radical (unpaired) electrons. The average Bonchev–Trinajstić information content (AvgIpc) is 1.54. The van der Waals surface area contributed by atoms with Crippen LogP contribution in [0.15, 0.2) is 405 Å². The van der Waals surface area contributed by atoms with Crippen LogP contribution in [0.4, 0.5) is 0 Å². The summed E-state index contributed by atoms with van der Waals surface area (Å²) >= 11 is 3.59. The predicted octanol–water partition coefficient (Wildman–Crippen LogP) is 25.9. The molecule has 0 amide bonds. The van der Waals surface area contributed by atoms with Crippen LogP contribution < -0.4 is 5.46 Å². The molecule has 0 N–H and O–H groups in total. The van der Waals surface area contributed by atoms with Crippen LogP contribution in [0.25, 0.3) is 133 Å². The van der Waals surface area contributed by atoms with Gasteiger partial charge in [0.25, 0.3) is 0 Å². The second-order valence-electron chi connectivity index (χ2n) is 31.8. The fraction of sp³-hybridized carbons (Fsp3) is 0.0741. The number of aromatic nitrogens is 6. The molecule has 0 atom stereocenters. The fourth-order valence-corrected chi connectivity index (χ4v) is 19.2. The summed E-state index contributed by atoms with van der Waals surface area (Å²) in [4.78, 5) is 20.4. The first-order valence-electron chi connectivity index (χ1n) is 40.4. The standard InChI is InChI=1S/C51H33N3.C44H36BNO2.C13H9BrN2.Y/c1-4-16-34(17-5-1)49-50(54-31-15-14-26-47(54)53-49)36-29-27-35(28-30-36)48-43-32-42-39-22-10-12-24-44(39)51(37-18-6-2-7-19-37,38-20-8-3-9-21-38)45(42)33-41(43)40-23-11-13-25-46(40)52-48;1-42(2)43(3,4)48-45(47-42)32-25-23-29(24-26-32)41-37-27-36-33-19-11-13-21-38(33)44(30-15-7-5-8-16-30,31-17-9-6-10-18-31)39(36)28-35(37)34-20-12-14-22-40(34)46-41;14-13-12(10-6-2-1-3-7-10)15-11-8-4-5-9-16(11)13;/h1-33H;5-28H,1-4H3;1-9H;. The summed E-state index contributed by atoms with van der Waals surface area (Å²) in [6.07, 6.45) is 4.10. The van der Waals surface area contributed by atoms with Gasteiger partial charge in [0.15, 0.2) is 0 Å². The first kappa shape index (κ1) is 75.1. The SMILES string of the molecule is Brc1c(-c2ccccc2)nc2ccccn12.CC1(C)OB(c2ccc(-c3nc4ccccc4c4cc5c(cc34)-c3ccccc3C5(c3ccccc3)c3ccccc3)cc2)OC1(C)C.[Y].c1ccc(-c2nc3ccccn3c2-c2ccc(-c3nc4ccccc4c4cc5c(cc34)-c3ccccc3C5(c3ccccc3)c3ccccc3)cc2)cc1. The summed E-state index contributed by atoms with van der Waals surface area (Å²) in [6, 6.07) is 139. The van der Waals surface area contributed by atoms with Crippen LogP contribution >= 0.6 is 15.9 Å². The minimum atomic E-state index is -0.473. The number of hydrogen-bond donors (Lipinski definition) is 0. The number of hydrogen-bond acceptors (Lipinski definition) is 6. The fourth-order valence-electron chi connectivity index (χ4n) is 18.6. The molecule has 14 aromatic carbocycles. The largest absolute Gasteiger partial charge is 0.494 e. The maximum absolute atomic E-state index is 6.36. The van der Waals surface area contributed by atoms with Gasteiger partial charge >= 0.3 is 7.12 Å². The van der Waals surface area contributed by atoms with Gasteiger partial charge in [-0.25, -0.2) is 19.9 Å². The predicted molar refractivity (Wildman–Crippen MR) is 488 cm³/mol. The summed E-state index contributed by atoms with van der Waals surface area (Å²) in [5.41, 5.74) is 28.9. The molecule has 0 unspecified atom stereocenters. The second kappa shape index (κ2) is 30.4. The zero-order valence-electron chi connectivity index (χ0n) is 66.1. The quantitative estimate of drug-likeness (QED) is 0.100. The number of rotatable bonds is 10. The summed E-state index contributed by atoms with van der Waals surface area (Å²) < 4.78 is 17.9. The smallest absolute Gasteiger partial charge is 0.399 e. The van der Waals surface area contributed by atoms with Crippen LogP contribution in [0.5, 0.6) is 0 Å². The van der Waals surface area contributed by atoms with Gasteiger partial charge in [0.1, 0.15) is 21.6 Å². The summed E-state index contributed by atoms with van der Waals surface area (Å²) in [7, 11) is -0.408. The van der Waals surface area contributed by atoms with Crippen LogP contribution in [0.3, 0.4) is 0 Å². The maximum atomic E-state index is 6.36. The van der Waals surface area contributed by atoms with Crippen molar-refractivity contribution in [3.05, 3.63) is 450 Å². The molecule has 23 rings (SSSR count). The Kier molecular flexibility index (Phi) is 19.2.